The average Bonchev–Trinajstić information content (AvgIpc) is 2.47. The lowest BCUT2D eigenvalue weighted by atomic mass is 10.2. The second-order valence-corrected chi connectivity index (χ2v) is 5.05. The molecule has 6 heteroatoms. The highest BCUT2D eigenvalue weighted by Crippen LogP contribution is 2.15. The first-order valence-corrected chi connectivity index (χ1v) is 6.82. The predicted octanol–water partition coefficient (Wildman–Crippen LogP) is 3.58. The monoisotopic (exact) mass is 321 g/mol. The van der Waals surface area contributed by atoms with Crippen LogP contribution < -0.4 is 5.32 Å². The highest BCUT2D eigenvalue weighted by molar-refractivity contribution is 6.30. The zero-order valence-corrected chi connectivity index (χ0v) is 12.5. The molecule has 0 heterocycles. The molecule has 114 valence electrons. The maximum atomic E-state index is 13.5. The van der Waals surface area contributed by atoms with Crippen molar-refractivity contribution in [1.29, 1.82) is 0 Å². The SMILES string of the molecule is Cc1ccc(NC(=O)COC(=O)c2ccc(Cl)cc2F)cc1. The number of ether oxygens (including phenoxy) is 1. The van der Waals surface area contributed by atoms with Gasteiger partial charge in [0.25, 0.3) is 5.91 Å². The van der Waals surface area contributed by atoms with Crippen molar-refractivity contribution in [1.82, 2.24) is 0 Å². The lowest BCUT2D eigenvalue weighted by Gasteiger charge is -2.07. The Bertz CT molecular complexity index is 701. The Balaban J connectivity index is 1.90. The van der Waals surface area contributed by atoms with Gasteiger partial charge < -0.3 is 10.1 Å². The number of aryl methyl sites for hydroxylation is 1. The molecule has 0 spiro atoms. The Morgan fingerprint density at radius 2 is 1.86 bits per heavy atom. The molecule has 0 unspecified atom stereocenters. The Labute approximate surface area is 131 Å². The lowest BCUT2D eigenvalue weighted by Crippen LogP contribution is -2.21. The fourth-order valence-electron chi connectivity index (χ4n) is 1.70. The van der Waals surface area contributed by atoms with E-state index in [0.717, 1.165) is 11.6 Å². The number of carbonyl (C=O) groups excluding carboxylic acids is 2. The van der Waals surface area contributed by atoms with E-state index in [0.29, 0.717) is 5.69 Å². The van der Waals surface area contributed by atoms with Gasteiger partial charge in [0.15, 0.2) is 6.61 Å². The van der Waals surface area contributed by atoms with Gasteiger partial charge in [-0.3, -0.25) is 4.79 Å². The summed E-state index contributed by atoms with van der Waals surface area (Å²) in [5.41, 5.74) is 1.37. The summed E-state index contributed by atoms with van der Waals surface area (Å²) in [5.74, 6) is -2.23. The van der Waals surface area contributed by atoms with Crippen LogP contribution in [0.1, 0.15) is 15.9 Å². The zero-order chi connectivity index (χ0) is 16.1. The standard InChI is InChI=1S/C16H13ClFNO3/c1-10-2-5-12(6-3-10)19-15(20)9-22-16(21)13-7-4-11(17)8-14(13)18/h2-8H,9H2,1H3,(H,19,20). The van der Waals surface area contributed by atoms with Crippen LogP contribution in [0.5, 0.6) is 0 Å². The highest BCUT2D eigenvalue weighted by atomic mass is 35.5. The molecule has 1 amide bonds. The summed E-state index contributed by atoms with van der Waals surface area (Å²) in [6.07, 6.45) is 0. The van der Waals surface area contributed by atoms with E-state index in [1.165, 1.54) is 12.1 Å². The van der Waals surface area contributed by atoms with Crippen LogP contribution >= 0.6 is 11.6 Å². The average molecular weight is 322 g/mol. The van der Waals surface area contributed by atoms with E-state index in [-0.39, 0.29) is 10.6 Å². The molecule has 0 aliphatic rings. The number of carbonyl (C=O) groups is 2. The number of anilines is 1. The van der Waals surface area contributed by atoms with Crippen LogP contribution in [0, 0.1) is 12.7 Å². The molecule has 0 fully saturated rings. The molecule has 0 saturated carbocycles. The molecular weight excluding hydrogens is 309 g/mol. The van der Waals surface area contributed by atoms with Crippen molar-refractivity contribution >= 4 is 29.2 Å². The van der Waals surface area contributed by atoms with E-state index in [1.807, 2.05) is 19.1 Å². The lowest BCUT2D eigenvalue weighted by molar-refractivity contribution is -0.119. The van der Waals surface area contributed by atoms with Crippen molar-refractivity contribution in [3.05, 3.63) is 64.4 Å². The molecular formula is C16H13ClFNO3. The third-order valence-electron chi connectivity index (χ3n) is 2.82. The van der Waals surface area contributed by atoms with E-state index in [9.17, 15) is 14.0 Å². The van der Waals surface area contributed by atoms with Crippen LogP contribution in [0.4, 0.5) is 10.1 Å². The molecule has 0 aliphatic heterocycles. The number of amides is 1. The largest absolute Gasteiger partial charge is 0.452 e. The van der Waals surface area contributed by atoms with Crippen LogP contribution in [-0.4, -0.2) is 18.5 Å². The number of esters is 1. The Hall–Kier alpha value is -2.40. The summed E-state index contributed by atoms with van der Waals surface area (Å²) < 4.78 is 18.3. The molecule has 0 bridgehead atoms. The first-order valence-electron chi connectivity index (χ1n) is 6.44. The van der Waals surface area contributed by atoms with Crippen molar-refractivity contribution in [3.63, 3.8) is 0 Å². The van der Waals surface area contributed by atoms with Crippen molar-refractivity contribution in [3.8, 4) is 0 Å². The van der Waals surface area contributed by atoms with Gasteiger partial charge in [-0.2, -0.15) is 0 Å². The molecule has 0 radical (unpaired) electrons. The third-order valence-corrected chi connectivity index (χ3v) is 3.06. The fourth-order valence-corrected chi connectivity index (χ4v) is 1.86. The summed E-state index contributed by atoms with van der Waals surface area (Å²) in [6, 6.07) is 10.7. The minimum absolute atomic E-state index is 0.172. The van der Waals surface area contributed by atoms with Gasteiger partial charge in [-0.15, -0.1) is 0 Å². The van der Waals surface area contributed by atoms with Crippen LogP contribution in [-0.2, 0) is 9.53 Å². The van der Waals surface area contributed by atoms with Crippen molar-refractivity contribution in [2.45, 2.75) is 6.92 Å². The van der Waals surface area contributed by atoms with Gasteiger partial charge in [0.1, 0.15) is 5.82 Å². The number of hydrogen-bond acceptors (Lipinski definition) is 3. The molecule has 1 N–H and O–H groups in total. The van der Waals surface area contributed by atoms with Gasteiger partial charge in [-0.1, -0.05) is 29.3 Å². The molecule has 4 nitrogen and oxygen atoms in total. The van der Waals surface area contributed by atoms with E-state index in [4.69, 9.17) is 16.3 Å². The molecule has 2 rings (SSSR count). The van der Waals surface area contributed by atoms with E-state index >= 15 is 0 Å². The summed E-state index contributed by atoms with van der Waals surface area (Å²) in [6.45, 7) is 1.42. The molecule has 0 aliphatic carbocycles. The van der Waals surface area contributed by atoms with Gasteiger partial charge in [0.05, 0.1) is 5.56 Å². The molecule has 2 aromatic rings. The first kappa shape index (κ1) is 16.0. The fraction of sp³-hybridized carbons (Fsp3) is 0.125. The maximum absolute atomic E-state index is 13.5. The molecule has 22 heavy (non-hydrogen) atoms. The van der Waals surface area contributed by atoms with Crippen molar-refractivity contribution < 1.29 is 18.7 Å². The predicted molar refractivity (Wildman–Crippen MR) is 81.5 cm³/mol. The number of halogens is 2. The Kier molecular flexibility index (Phi) is 5.12. The molecule has 0 atom stereocenters. The van der Waals surface area contributed by atoms with Gasteiger partial charge >= 0.3 is 5.97 Å². The Morgan fingerprint density at radius 3 is 2.50 bits per heavy atom. The summed E-state index contributed by atoms with van der Waals surface area (Å²) in [4.78, 5) is 23.4. The van der Waals surface area contributed by atoms with Gasteiger partial charge in [0, 0.05) is 10.7 Å². The van der Waals surface area contributed by atoms with Crippen LogP contribution in [0.25, 0.3) is 0 Å². The van der Waals surface area contributed by atoms with Crippen LogP contribution in [0.15, 0.2) is 42.5 Å². The van der Waals surface area contributed by atoms with Gasteiger partial charge in [-0.05, 0) is 37.3 Å². The van der Waals surface area contributed by atoms with Crippen LogP contribution in [0.3, 0.4) is 0 Å². The summed E-state index contributed by atoms with van der Waals surface area (Å²) in [7, 11) is 0. The normalized spacial score (nSPS) is 10.1. The minimum Gasteiger partial charge on any atom is -0.452 e. The maximum Gasteiger partial charge on any atom is 0.341 e. The number of benzene rings is 2. The van der Waals surface area contributed by atoms with E-state index in [1.54, 1.807) is 12.1 Å². The van der Waals surface area contributed by atoms with Crippen molar-refractivity contribution in [2.75, 3.05) is 11.9 Å². The highest BCUT2D eigenvalue weighted by Gasteiger charge is 2.15. The smallest absolute Gasteiger partial charge is 0.341 e. The van der Waals surface area contributed by atoms with E-state index < -0.39 is 24.3 Å². The molecule has 0 aromatic heterocycles. The van der Waals surface area contributed by atoms with Gasteiger partial charge in [-0.25, -0.2) is 9.18 Å². The third kappa shape index (κ3) is 4.30. The van der Waals surface area contributed by atoms with E-state index in [2.05, 4.69) is 5.32 Å². The number of hydrogen-bond donors (Lipinski definition) is 1. The topological polar surface area (TPSA) is 55.4 Å². The summed E-state index contributed by atoms with van der Waals surface area (Å²) >= 11 is 5.59. The zero-order valence-electron chi connectivity index (χ0n) is 11.7. The second-order valence-electron chi connectivity index (χ2n) is 4.61. The number of nitrogens with one attached hydrogen (secondary N) is 1. The minimum atomic E-state index is -0.923. The summed E-state index contributed by atoms with van der Waals surface area (Å²) in [5, 5.41) is 2.74. The molecule has 0 saturated heterocycles. The van der Waals surface area contributed by atoms with Crippen molar-refractivity contribution in [2.24, 2.45) is 0 Å². The quantitative estimate of drug-likeness (QED) is 0.876. The first-order chi connectivity index (χ1) is 10.5. The second kappa shape index (κ2) is 7.04. The number of rotatable bonds is 4. The molecule has 2 aromatic carbocycles. The van der Waals surface area contributed by atoms with Gasteiger partial charge in [0.2, 0.25) is 0 Å². The Morgan fingerprint density at radius 1 is 1.18 bits per heavy atom. The van der Waals surface area contributed by atoms with Crippen LogP contribution in [0.2, 0.25) is 5.02 Å².